The summed E-state index contributed by atoms with van der Waals surface area (Å²) in [5.41, 5.74) is 5.56. The van der Waals surface area contributed by atoms with Gasteiger partial charge < -0.3 is 15.4 Å². The molecule has 1 saturated heterocycles. The largest absolute Gasteiger partial charge is 0.372 e. The van der Waals surface area contributed by atoms with Gasteiger partial charge in [0.15, 0.2) is 5.82 Å². The van der Waals surface area contributed by atoms with Gasteiger partial charge in [-0.1, -0.05) is 11.6 Å². The van der Waals surface area contributed by atoms with Crippen molar-refractivity contribution in [2.75, 3.05) is 23.7 Å². The summed E-state index contributed by atoms with van der Waals surface area (Å²) in [6.07, 6.45) is 1.86. The molecular formula is C10H15ClN4O. The molecule has 0 spiro atoms. The molecule has 2 atom stereocenters. The summed E-state index contributed by atoms with van der Waals surface area (Å²) in [4.78, 5) is 10.1. The predicted molar refractivity (Wildman–Crippen MR) is 63.7 cm³/mol. The Kier molecular flexibility index (Phi) is 3.16. The molecule has 1 aromatic rings. The Bertz CT molecular complexity index is 377. The average molecular weight is 243 g/mol. The van der Waals surface area contributed by atoms with Gasteiger partial charge in [0.1, 0.15) is 5.02 Å². The summed E-state index contributed by atoms with van der Waals surface area (Å²) < 4.78 is 5.65. The zero-order valence-electron chi connectivity index (χ0n) is 9.35. The van der Waals surface area contributed by atoms with Crippen molar-refractivity contribution in [3.8, 4) is 0 Å². The summed E-state index contributed by atoms with van der Waals surface area (Å²) in [6, 6.07) is 0. The van der Waals surface area contributed by atoms with Crippen LogP contribution in [0.2, 0.25) is 5.02 Å². The van der Waals surface area contributed by atoms with Gasteiger partial charge in [-0.15, -0.1) is 0 Å². The van der Waals surface area contributed by atoms with Gasteiger partial charge in [0.2, 0.25) is 5.95 Å². The molecule has 0 aromatic carbocycles. The summed E-state index contributed by atoms with van der Waals surface area (Å²) in [5.74, 6) is 0.933. The fraction of sp³-hybridized carbons (Fsp3) is 0.600. The van der Waals surface area contributed by atoms with E-state index in [1.54, 1.807) is 0 Å². The van der Waals surface area contributed by atoms with Crippen molar-refractivity contribution in [2.45, 2.75) is 26.1 Å². The number of nitrogen functional groups attached to an aromatic ring is 1. The standard InChI is InChI=1S/C10H15ClN4O/c1-6-4-15(5-7(2)16-6)9-8(11)3-13-10(12)14-9/h3,6-7H,4-5H2,1-2H3,(H2,12,13,14). The van der Waals surface area contributed by atoms with Gasteiger partial charge in [-0.05, 0) is 13.8 Å². The molecule has 0 saturated carbocycles. The molecule has 0 aliphatic carbocycles. The first-order valence-corrected chi connectivity index (χ1v) is 5.62. The maximum Gasteiger partial charge on any atom is 0.222 e. The molecule has 2 rings (SSSR count). The third kappa shape index (κ3) is 2.36. The number of hydrogen-bond donors (Lipinski definition) is 1. The lowest BCUT2D eigenvalue weighted by Crippen LogP contribution is -2.46. The first-order chi connectivity index (χ1) is 7.56. The number of anilines is 2. The molecule has 1 fully saturated rings. The molecule has 0 radical (unpaired) electrons. The van der Waals surface area contributed by atoms with Crippen LogP contribution in [0.4, 0.5) is 11.8 Å². The first kappa shape index (κ1) is 11.4. The monoisotopic (exact) mass is 242 g/mol. The van der Waals surface area contributed by atoms with E-state index in [1.165, 1.54) is 6.20 Å². The maximum atomic E-state index is 6.06. The second-order valence-electron chi connectivity index (χ2n) is 4.06. The minimum atomic E-state index is 0.163. The summed E-state index contributed by atoms with van der Waals surface area (Å²) >= 11 is 6.06. The van der Waals surface area contributed by atoms with E-state index in [4.69, 9.17) is 22.1 Å². The van der Waals surface area contributed by atoms with Gasteiger partial charge in [-0.25, -0.2) is 4.98 Å². The molecule has 2 N–H and O–H groups in total. The van der Waals surface area contributed by atoms with Crippen LogP contribution in [0.25, 0.3) is 0 Å². The zero-order valence-corrected chi connectivity index (χ0v) is 10.1. The van der Waals surface area contributed by atoms with E-state index < -0.39 is 0 Å². The van der Waals surface area contributed by atoms with E-state index >= 15 is 0 Å². The first-order valence-electron chi connectivity index (χ1n) is 5.24. The number of morpholine rings is 1. The van der Waals surface area contributed by atoms with E-state index in [-0.39, 0.29) is 18.2 Å². The summed E-state index contributed by atoms with van der Waals surface area (Å²) in [7, 11) is 0. The normalized spacial score (nSPS) is 25.8. The predicted octanol–water partition coefficient (Wildman–Crippen LogP) is 1.33. The molecule has 0 amide bonds. The third-order valence-electron chi connectivity index (χ3n) is 2.46. The van der Waals surface area contributed by atoms with Crippen LogP contribution in [-0.4, -0.2) is 35.3 Å². The minimum absolute atomic E-state index is 0.163. The molecule has 5 nitrogen and oxygen atoms in total. The number of nitrogens with two attached hydrogens (primary N) is 1. The molecule has 1 aliphatic heterocycles. The molecule has 16 heavy (non-hydrogen) atoms. The van der Waals surface area contributed by atoms with Gasteiger partial charge in [-0.3, -0.25) is 0 Å². The van der Waals surface area contributed by atoms with Crippen molar-refractivity contribution in [1.29, 1.82) is 0 Å². The van der Waals surface area contributed by atoms with Crippen molar-refractivity contribution in [3.05, 3.63) is 11.2 Å². The Balaban J connectivity index is 2.25. The van der Waals surface area contributed by atoms with Crippen LogP contribution < -0.4 is 10.6 Å². The quantitative estimate of drug-likeness (QED) is 0.805. The minimum Gasteiger partial charge on any atom is -0.372 e. The van der Waals surface area contributed by atoms with Crippen LogP contribution in [0.5, 0.6) is 0 Å². The lowest BCUT2D eigenvalue weighted by Gasteiger charge is -2.36. The highest BCUT2D eigenvalue weighted by Gasteiger charge is 2.24. The van der Waals surface area contributed by atoms with Crippen LogP contribution in [0.1, 0.15) is 13.8 Å². The molecular weight excluding hydrogens is 228 g/mol. The third-order valence-corrected chi connectivity index (χ3v) is 2.73. The van der Waals surface area contributed by atoms with E-state index in [0.29, 0.717) is 10.8 Å². The fourth-order valence-corrected chi connectivity index (χ4v) is 2.15. The molecule has 2 heterocycles. The van der Waals surface area contributed by atoms with Crippen molar-refractivity contribution in [2.24, 2.45) is 0 Å². The number of rotatable bonds is 1. The SMILES string of the molecule is CC1CN(c2nc(N)ncc2Cl)CC(C)O1. The highest BCUT2D eigenvalue weighted by Crippen LogP contribution is 2.26. The number of halogens is 1. The Morgan fingerprint density at radius 3 is 2.69 bits per heavy atom. The van der Waals surface area contributed by atoms with Gasteiger partial charge in [-0.2, -0.15) is 4.98 Å². The van der Waals surface area contributed by atoms with Gasteiger partial charge in [0.25, 0.3) is 0 Å². The van der Waals surface area contributed by atoms with Crippen LogP contribution in [0.3, 0.4) is 0 Å². The fourth-order valence-electron chi connectivity index (χ4n) is 1.94. The van der Waals surface area contributed by atoms with Gasteiger partial charge >= 0.3 is 0 Å². The van der Waals surface area contributed by atoms with Crippen LogP contribution >= 0.6 is 11.6 Å². The molecule has 2 unspecified atom stereocenters. The average Bonchev–Trinajstić information content (AvgIpc) is 2.20. The molecule has 6 heteroatoms. The second-order valence-corrected chi connectivity index (χ2v) is 4.47. The Morgan fingerprint density at radius 2 is 2.06 bits per heavy atom. The van der Waals surface area contributed by atoms with Crippen LogP contribution in [0.15, 0.2) is 6.20 Å². The zero-order chi connectivity index (χ0) is 11.7. The molecule has 1 aromatic heterocycles. The Hall–Kier alpha value is -1.07. The summed E-state index contributed by atoms with van der Waals surface area (Å²) in [5, 5.41) is 0.524. The van der Waals surface area contributed by atoms with Gasteiger partial charge in [0.05, 0.1) is 18.4 Å². The second kappa shape index (κ2) is 4.43. The van der Waals surface area contributed by atoms with Crippen LogP contribution in [-0.2, 0) is 4.74 Å². The number of aromatic nitrogens is 2. The maximum absolute atomic E-state index is 6.06. The highest BCUT2D eigenvalue weighted by atomic mass is 35.5. The lowest BCUT2D eigenvalue weighted by molar-refractivity contribution is -0.00545. The van der Waals surface area contributed by atoms with Crippen molar-refractivity contribution in [1.82, 2.24) is 9.97 Å². The van der Waals surface area contributed by atoms with Crippen molar-refractivity contribution >= 4 is 23.4 Å². The highest BCUT2D eigenvalue weighted by molar-refractivity contribution is 6.32. The number of nitrogens with zero attached hydrogens (tertiary/aromatic N) is 3. The number of hydrogen-bond acceptors (Lipinski definition) is 5. The number of ether oxygens (including phenoxy) is 1. The Morgan fingerprint density at radius 1 is 1.44 bits per heavy atom. The lowest BCUT2D eigenvalue weighted by atomic mass is 10.2. The Labute approximate surface area is 99.6 Å². The smallest absolute Gasteiger partial charge is 0.222 e. The van der Waals surface area contributed by atoms with E-state index in [0.717, 1.165) is 13.1 Å². The molecule has 88 valence electrons. The summed E-state index contributed by atoms with van der Waals surface area (Å²) in [6.45, 7) is 5.59. The van der Waals surface area contributed by atoms with Crippen LogP contribution in [0, 0.1) is 0 Å². The van der Waals surface area contributed by atoms with Gasteiger partial charge in [0, 0.05) is 13.1 Å². The topological polar surface area (TPSA) is 64.3 Å². The van der Waals surface area contributed by atoms with E-state index in [9.17, 15) is 0 Å². The van der Waals surface area contributed by atoms with E-state index in [1.807, 2.05) is 13.8 Å². The van der Waals surface area contributed by atoms with E-state index in [2.05, 4.69) is 14.9 Å². The van der Waals surface area contributed by atoms with Crippen molar-refractivity contribution < 1.29 is 4.74 Å². The molecule has 1 aliphatic rings. The molecule has 0 bridgehead atoms. The van der Waals surface area contributed by atoms with Crippen molar-refractivity contribution in [3.63, 3.8) is 0 Å².